The van der Waals surface area contributed by atoms with Crippen LogP contribution < -0.4 is 10.1 Å². The Morgan fingerprint density at radius 1 is 1.28 bits per heavy atom. The molecule has 3 atom stereocenters. The molecule has 2 aromatic rings. The second-order valence-electron chi connectivity index (χ2n) is 9.19. The first-order chi connectivity index (χ1) is 13.7. The van der Waals surface area contributed by atoms with Gasteiger partial charge in [-0.2, -0.15) is 0 Å². The van der Waals surface area contributed by atoms with Crippen LogP contribution in [0, 0.1) is 16.7 Å². The lowest BCUT2D eigenvalue weighted by Gasteiger charge is -2.39. The standard InChI is InChI=1S/C23H29NO5/c1-22(2)15-7-8-23(22,3)19(10-15)24-20(25)13-29-21(26)9-14-12-28-18-11-16(27-4)5-6-17(14)18/h5-6,11-12,15,19H,7-10,13H2,1-4H3,(H,24,25). The Labute approximate surface area is 170 Å². The minimum atomic E-state index is -0.446. The third kappa shape index (κ3) is 3.28. The molecule has 2 fully saturated rings. The molecule has 2 aliphatic rings. The van der Waals surface area contributed by atoms with Gasteiger partial charge in [0, 0.05) is 23.1 Å². The number of hydrogen-bond acceptors (Lipinski definition) is 5. The molecule has 1 aromatic carbocycles. The number of ether oxygens (including phenoxy) is 2. The second-order valence-corrected chi connectivity index (χ2v) is 9.19. The van der Waals surface area contributed by atoms with E-state index in [0.29, 0.717) is 17.3 Å². The fourth-order valence-corrected chi connectivity index (χ4v) is 5.34. The van der Waals surface area contributed by atoms with Crippen LogP contribution in [0.15, 0.2) is 28.9 Å². The van der Waals surface area contributed by atoms with Crippen LogP contribution in [-0.2, 0) is 20.7 Å². The molecule has 1 amide bonds. The highest BCUT2D eigenvalue weighted by molar-refractivity contribution is 5.87. The van der Waals surface area contributed by atoms with Crippen molar-refractivity contribution in [2.75, 3.05) is 13.7 Å². The number of rotatable bonds is 6. The predicted molar refractivity (Wildman–Crippen MR) is 109 cm³/mol. The van der Waals surface area contributed by atoms with Gasteiger partial charge >= 0.3 is 5.97 Å². The molecule has 0 saturated heterocycles. The molecule has 1 N–H and O–H groups in total. The van der Waals surface area contributed by atoms with Gasteiger partial charge in [-0.15, -0.1) is 0 Å². The maximum atomic E-state index is 12.4. The van der Waals surface area contributed by atoms with Crippen LogP contribution in [0.2, 0.25) is 0 Å². The van der Waals surface area contributed by atoms with Crippen molar-refractivity contribution < 1.29 is 23.5 Å². The lowest BCUT2D eigenvalue weighted by atomic mass is 9.69. The van der Waals surface area contributed by atoms with E-state index in [9.17, 15) is 9.59 Å². The van der Waals surface area contributed by atoms with E-state index in [0.717, 1.165) is 23.8 Å². The number of furan rings is 1. The van der Waals surface area contributed by atoms with E-state index >= 15 is 0 Å². The Bertz CT molecular complexity index is 946. The Hall–Kier alpha value is -2.50. The van der Waals surface area contributed by atoms with E-state index in [1.807, 2.05) is 12.1 Å². The van der Waals surface area contributed by atoms with Crippen molar-refractivity contribution in [2.24, 2.45) is 16.7 Å². The Kier molecular flexibility index (Phi) is 4.83. The normalized spacial score (nSPS) is 27.2. The number of amides is 1. The highest BCUT2D eigenvalue weighted by Crippen LogP contribution is 2.65. The largest absolute Gasteiger partial charge is 0.497 e. The van der Waals surface area contributed by atoms with Crippen molar-refractivity contribution in [3.8, 4) is 5.75 Å². The van der Waals surface area contributed by atoms with E-state index in [4.69, 9.17) is 13.9 Å². The van der Waals surface area contributed by atoms with Crippen molar-refractivity contribution >= 4 is 22.8 Å². The molecule has 1 heterocycles. The SMILES string of the molecule is COc1ccc2c(CC(=O)OCC(=O)NC3CC4CCC3(C)C4(C)C)coc2c1. The molecule has 4 rings (SSSR count). The third-order valence-corrected chi connectivity index (χ3v) is 7.69. The molecule has 6 nitrogen and oxygen atoms in total. The lowest BCUT2D eigenvalue weighted by molar-refractivity contribution is -0.148. The van der Waals surface area contributed by atoms with Crippen LogP contribution in [0.4, 0.5) is 0 Å². The molecule has 29 heavy (non-hydrogen) atoms. The van der Waals surface area contributed by atoms with Gasteiger partial charge in [0.15, 0.2) is 6.61 Å². The van der Waals surface area contributed by atoms with Gasteiger partial charge < -0.3 is 19.2 Å². The minimum absolute atomic E-state index is 0.0584. The minimum Gasteiger partial charge on any atom is -0.497 e. The highest BCUT2D eigenvalue weighted by Gasteiger charge is 2.61. The molecule has 0 spiro atoms. The van der Waals surface area contributed by atoms with Crippen molar-refractivity contribution in [3.63, 3.8) is 0 Å². The summed E-state index contributed by atoms with van der Waals surface area (Å²) >= 11 is 0. The molecule has 2 aliphatic carbocycles. The topological polar surface area (TPSA) is 77.8 Å². The highest BCUT2D eigenvalue weighted by atomic mass is 16.5. The first kappa shape index (κ1) is 19.8. The van der Waals surface area contributed by atoms with Gasteiger partial charge in [-0.1, -0.05) is 20.8 Å². The Morgan fingerprint density at radius 2 is 2.07 bits per heavy atom. The monoisotopic (exact) mass is 399 g/mol. The molecular weight excluding hydrogens is 370 g/mol. The lowest BCUT2D eigenvalue weighted by Crippen LogP contribution is -2.48. The summed E-state index contributed by atoms with van der Waals surface area (Å²) in [5.41, 5.74) is 1.72. The molecule has 0 aliphatic heterocycles. The Balaban J connectivity index is 1.31. The molecular formula is C23H29NO5. The van der Waals surface area contributed by atoms with Gasteiger partial charge in [0.05, 0.1) is 19.8 Å². The summed E-state index contributed by atoms with van der Waals surface area (Å²) in [5.74, 6) is 0.663. The van der Waals surface area contributed by atoms with E-state index in [1.165, 1.54) is 6.42 Å². The summed E-state index contributed by atoms with van der Waals surface area (Å²) < 4.78 is 15.9. The van der Waals surface area contributed by atoms with Crippen molar-refractivity contribution in [1.82, 2.24) is 5.32 Å². The fourth-order valence-electron chi connectivity index (χ4n) is 5.34. The van der Waals surface area contributed by atoms with Crippen LogP contribution >= 0.6 is 0 Å². The van der Waals surface area contributed by atoms with E-state index < -0.39 is 5.97 Å². The zero-order valence-electron chi connectivity index (χ0n) is 17.5. The number of hydrogen-bond donors (Lipinski definition) is 1. The maximum absolute atomic E-state index is 12.4. The smallest absolute Gasteiger partial charge is 0.310 e. The first-order valence-corrected chi connectivity index (χ1v) is 10.2. The molecule has 3 unspecified atom stereocenters. The number of carbonyl (C=O) groups excluding carboxylic acids is 2. The van der Waals surface area contributed by atoms with Crippen LogP contribution in [0.25, 0.3) is 11.0 Å². The summed E-state index contributed by atoms with van der Waals surface area (Å²) in [6, 6.07) is 5.59. The summed E-state index contributed by atoms with van der Waals surface area (Å²) in [5, 5.41) is 3.95. The zero-order chi connectivity index (χ0) is 20.8. The van der Waals surface area contributed by atoms with Gasteiger partial charge in [-0.25, -0.2) is 0 Å². The first-order valence-electron chi connectivity index (χ1n) is 10.2. The van der Waals surface area contributed by atoms with Gasteiger partial charge in [-0.05, 0) is 48.1 Å². The van der Waals surface area contributed by atoms with Gasteiger partial charge in [0.25, 0.3) is 5.91 Å². The number of fused-ring (bicyclic) bond motifs is 3. The molecule has 6 heteroatoms. The molecule has 0 radical (unpaired) electrons. The molecule has 2 saturated carbocycles. The molecule has 2 bridgehead atoms. The average Bonchev–Trinajstić information content (AvgIpc) is 3.24. The van der Waals surface area contributed by atoms with Crippen molar-refractivity contribution in [1.29, 1.82) is 0 Å². The zero-order valence-corrected chi connectivity index (χ0v) is 17.5. The number of nitrogens with one attached hydrogen (secondary N) is 1. The average molecular weight is 399 g/mol. The third-order valence-electron chi connectivity index (χ3n) is 7.69. The van der Waals surface area contributed by atoms with Crippen LogP contribution in [0.3, 0.4) is 0 Å². The number of carbonyl (C=O) groups is 2. The fraction of sp³-hybridized carbons (Fsp3) is 0.565. The van der Waals surface area contributed by atoms with Gasteiger partial charge in [-0.3, -0.25) is 9.59 Å². The van der Waals surface area contributed by atoms with Gasteiger partial charge in [0.2, 0.25) is 0 Å². The Morgan fingerprint density at radius 3 is 2.72 bits per heavy atom. The van der Waals surface area contributed by atoms with Gasteiger partial charge in [0.1, 0.15) is 11.3 Å². The summed E-state index contributed by atoms with van der Waals surface area (Å²) in [7, 11) is 1.59. The summed E-state index contributed by atoms with van der Waals surface area (Å²) in [6.07, 6.45) is 4.98. The number of benzene rings is 1. The second kappa shape index (κ2) is 7.08. The molecule has 156 valence electrons. The van der Waals surface area contributed by atoms with E-state index in [1.54, 1.807) is 19.4 Å². The predicted octanol–water partition coefficient (Wildman–Crippen LogP) is 3.86. The van der Waals surface area contributed by atoms with Crippen LogP contribution in [0.1, 0.15) is 45.6 Å². The maximum Gasteiger partial charge on any atom is 0.310 e. The van der Waals surface area contributed by atoms with E-state index in [2.05, 4.69) is 26.1 Å². The van der Waals surface area contributed by atoms with Crippen molar-refractivity contribution in [2.45, 2.75) is 52.5 Å². The summed E-state index contributed by atoms with van der Waals surface area (Å²) in [6.45, 7) is 6.64. The number of methoxy groups -OCH3 is 1. The van der Waals surface area contributed by atoms with Crippen molar-refractivity contribution in [3.05, 3.63) is 30.0 Å². The van der Waals surface area contributed by atoms with Crippen LogP contribution in [0.5, 0.6) is 5.75 Å². The summed E-state index contributed by atoms with van der Waals surface area (Å²) in [4.78, 5) is 24.6. The van der Waals surface area contributed by atoms with Crippen LogP contribution in [-0.4, -0.2) is 31.6 Å². The van der Waals surface area contributed by atoms with E-state index in [-0.39, 0.29) is 35.8 Å². The molecule has 1 aromatic heterocycles. The quantitative estimate of drug-likeness (QED) is 0.747. The number of esters is 1.